The second-order valence-corrected chi connectivity index (χ2v) is 6.95. The van der Waals surface area contributed by atoms with Crippen LogP contribution in [0.2, 0.25) is 0 Å². The van der Waals surface area contributed by atoms with Crippen LogP contribution in [-0.2, 0) is 20.0 Å². The molecule has 1 atom stereocenters. The molecule has 1 unspecified atom stereocenters. The number of aryl methyl sites for hydroxylation is 2. The first-order valence-corrected chi connectivity index (χ1v) is 8.42. The van der Waals surface area contributed by atoms with Crippen molar-refractivity contribution >= 4 is 35.1 Å². The zero-order chi connectivity index (χ0) is 13.4. The molecule has 2 aromatic heterocycles. The maximum absolute atomic E-state index is 5.50. The predicted octanol–water partition coefficient (Wildman–Crippen LogP) is 3.28. The van der Waals surface area contributed by atoms with Crippen LogP contribution >= 0.6 is 24.0 Å². The highest BCUT2D eigenvalue weighted by atomic mass is 32.2. The molecule has 3 heterocycles. The van der Waals surface area contributed by atoms with E-state index in [1.165, 1.54) is 25.0 Å². The lowest BCUT2D eigenvalue weighted by molar-refractivity contribution is 0.577. The van der Waals surface area contributed by atoms with E-state index in [1.54, 1.807) is 0 Å². The largest absolute Gasteiger partial charge is 0.328 e. The minimum Gasteiger partial charge on any atom is -0.328 e. The molecule has 0 saturated carbocycles. The average molecular weight is 296 g/mol. The van der Waals surface area contributed by atoms with Crippen LogP contribution in [0.1, 0.15) is 31.9 Å². The van der Waals surface area contributed by atoms with Crippen molar-refractivity contribution in [3.63, 3.8) is 0 Å². The molecule has 1 aliphatic rings. The number of fused-ring (bicyclic) bond motifs is 1. The van der Waals surface area contributed by atoms with Gasteiger partial charge in [-0.2, -0.15) is 16.9 Å². The molecule has 1 saturated heterocycles. The van der Waals surface area contributed by atoms with E-state index in [-0.39, 0.29) is 0 Å². The van der Waals surface area contributed by atoms with Gasteiger partial charge in [0.1, 0.15) is 5.52 Å². The number of nitrogens with zero attached hydrogens (tertiary/aromatic N) is 3. The molecule has 19 heavy (non-hydrogen) atoms. The first kappa shape index (κ1) is 13.2. The maximum atomic E-state index is 5.50. The van der Waals surface area contributed by atoms with Gasteiger partial charge in [-0.05, 0) is 37.2 Å². The van der Waals surface area contributed by atoms with Crippen molar-refractivity contribution < 1.29 is 0 Å². The molecule has 3 rings (SSSR count). The summed E-state index contributed by atoms with van der Waals surface area (Å²) in [6.45, 7) is 3.14. The average Bonchev–Trinajstić information content (AvgIpc) is 2.90. The van der Waals surface area contributed by atoms with E-state index < -0.39 is 0 Å². The lowest BCUT2D eigenvalue weighted by Gasteiger charge is -2.21. The van der Waals surface area contributed by atoms with Crippen molar-refractivity contribution in [3.05, 3.63) is 10.5 Å². The van der Waals surface area contributed by atoms with Crippen molar-refractivity contribution in [2.24, 2.45) is 7.05 Å². The second-order valence-electron chi connectivity index (χ2n) is 5.15. The molecule has 0 aromatic carbocycles. The number of H-pyrrole nitrogens is 1. The minimum absolute atomic E-state index is 0.694. The van der Waals surface area contributed by atoms with Crippen LogP contribution in [0.5, 0.6) is 0 Å². The molecule has 1 N–H and O–H groups in total. The Morgan fingerprint density at radius 3 is 3.00 bits per heavy atom. The first-order chi connectivity index (χ1) is 9.20. The zero-order valence-corrected chi connectivity index (χ0v) is 13.1. The quantitative estimate of drug-likeness (QED) is 0.883. The summed E-state index contributed by atoms with van der Waals surface area (Å²) in [7, 11) is 2.01. The lowest BCUT2D eigenvalue weighted by atomic mass is 10.2. The molecule has 0 amide bonds. The Morgan fingerprint density at radius 1 is 1.47 bits per heavy atom. The third-order valence-corrected chi connectivity index (χ3v) is 5.52. The molecule has 0 bridgehead atoms. The van der Waals surface area contributed by atoms with E-state index in [4.69, 9.17) is 12.2 Å². The Balaban J connectivity index is 2.00. The van der Waals surface area contributed by atoms with Crippen LogP contribution in [-0.4, -0.2) is 30.3 Å². The summed E-state index contributed by atoms with van der Waals surface area (Å²) in [5.74, 6) is 1.29. The molecule has 104 valence electrons. The van der Waals surface area contributed by atoms with Crippen molar-refractivity contribution in [2.45, 2.75) is 44.4 Å². The van der Waals surface area contributed by atoms with Gasteiger partial charge in [-0.1, -0.05) is 13.3 Å². The van der Waals surface area contributed by atoms with Gasteiger partial charge in [-0.25, -0.2) is 0 Å². The van der Waals surface area contributed by atoms with Crippen LogP contribution in [0.15, 0.2) is 0 Å². The highest BCUT2D eigenvalue weighted by Crippen LogP contribution is 2.28. The predicted molar refractivity (Wildman–Crippen MR) is 83.4 cm³/mol. The molecular weight excluding hydrogens is 276 g/mol. The zero-order valence-electron chi connectivity index (χ0n) is 11.5. The topological polar surface area (TPSA) is 38.5 Å². The van der Waals surface area contributed by atoms with E-state index in [2.05, 4.69) is 33.3 Å². The van der Waals surface area contributed by atoms with Crippen molar-refractivity contribution in [2.75, 3.05) is 5.75 Å². The molecule has 0 spiro atoms. The number of hydrogen-bond acceptors (Lipinski definition) is 3. The fourth-order valence-corrected chi connectivity index (χ4v) is 4.40. The molecule has 6 heteroatoms. The summed E-state index contributed by atoms with van der Waals surface area (Å²) < 4.78 is 5.04. The summed E-state index contributed by atoms with van der Waals surface area (Å²) in [6, 6.07) is 0. The van der Waals surface area contributed by atoms with Crippen LogP contribution in [0.4, 0.5) is 0 Å². The number of rotatable bonds is 3. The highest BCUT2D eigenvalue weighted by molar-refractivity contribution is 7.99. The third kappa shape index (κ3) is 2.36. The van der Waals surface area contributed by atoms with Crippen LogP contribution in [0, 0.1) is 4.77 Å². The van der Waals surface area contributed by atoms with Crippen molar-refractivity contribution in [3.8, 4) is 0 Å². The van der Waals surface area contributed by atoms with Crippen molar-refractivity contribution in [1.29, 1.82) is 0 Å². The Labute approximate surface area is 122 Å². The first-order valence-electron chi connectivity index (χ1n) is 6.96. The maximum Gasteiger partial charge on any atom is 0.179 e. The van der Waals surface area contributed by atoms with E-state index in [9.17, 15) is 0 Å². The number of thioether (sulfide) groups is 1. The highest BCUT2D eigenvalue weighted by Gasteiger charge is 2.19. The number of nitrogens with one attached hydrogen (secondary N) is 1. The van der Waals surface area contributed by atoms with Gasteiger partial charge < -0.3 is 9.55 Å². The summed E-state index contributed by atoms with van der Waals surface area (Å²) >= 11 is 7.59. The van der Waals surface area contributed by atoms with Gasteiger partial charge in [0.2, 0.25) is 0 Å². The third-order valence-electron chi connectivity index (χ3n) is 3.82. The van der Waals surface area contributed by atoms with E-state index in [0.29, 0.717) is 5.25 Å². The van der Waals surface area contributed by atoms with Gasteiger partial charge in [0.05, 0.1) is 5.69 Å². The molecule has 2 aromatic rings. The monoisotopic (exact) mass is 296 g/mol. The molecule has 1 fully saturated rings. The van der Waals surface area contributed by atoms with Crippen LogP contribution in [0.25, 0.3) is 11.2 Å². The SMILES string of the molecule is CCc1nn(C)c2c1[nH]c(=S)n2CC1CCCCS1. The number of imidazole rings is 1. The Morgan fingerprint density at radius 2 is 2.32 bits per heavy atom. The molecule has 4 nitrogen and oxygen atoms in total. The van der Waals surface area contributed by atoms with E-state index in [0.717, 1.165) is 34.6 Å². The van der Waals surface area contributed by atoms with Crippen molar-refractivity contribution in [1.82, 2.24) is 19.3 Å². The summed E-state index contributed by atoms with van der Waals surface area (Å²) in [6.07, 6.45) is 4.95. The summed E-state index contributed by atoms with van der Waals surface area (Å²) in [5, 5.41) is 5.27. The molecule has 0 aliphatic carbocycles. The molecule has 1 aliphatic heterocycles. The molecule has 0 radical (unpaired) electrons. The van der Waals surface area contributed by atoms with E-state index >= 15 is 0 Å². The fourth-order valence-electron chi connectivity index (χ4n) is 2.85. The fraction of sp³-hybridized carbons (Fsp3) is 0.692. The summed E-state index contributed by atoms with van der Waals surface area (Å²) in [4.78, 5) is 3.34. The second kappa shape index (κ2) is 5.32. The van der Waals surface area contributed by atoms with Gasteiger partial charge in [-0.15, -0.1) is 0 Å². The summed E-state index contributed by atoms with van der Waals surface area (Å²) in [5.41, 5.74) is 3.38. The standard InChI is InChI=1S/C13H20N4S2/c1-3-10-11-12(16(2)15-10)17(13(18)14-11)8-9-6-4-5-7-19-9/h9H,3-8H2,1-2H3,(H,14,18). The van der Waals surface area contributed by atoms with Gasteiger partial charge >= 0.3 is 0 Å². The van der Waals surface area contributed by atoms with Gasteiger partial charge in [-0.3, -0.25) is 4.68 Å². The van der Waals surface area contributed by atoms with Gasteiger partial charge in [0.15, 0.2) is 10.4 Å². The number of aromatic amines is 1. The van der Waals surface area contributed by atoms with Crippen LogP contribution < -0.4 is 0 Å². The van der Waals surface area contributed by atoms with Gasteiger partial charge in [0, 0.05) is 18.8 Å². The lowest BCUT2D eigenvalue weighted by Crippen LogP contribution is -2.18. The molecular formula is C13H20N4S2. The Hall–Kier alpha value is -0.750. The number of hydrogen-bond donors (Lipinski definition) is 1. The normalized spacial score (nSPS) is 20.2. The smallest absolute Gasteiger partial charge is 0.179 e. The minimum atomic E-state index is 0.694. The Bertz CT molecular complexity index is 631. The van der Waals surface area contributed by atoms with Gasteiger partial charge in [0.25, 0.3) is 0 Å². The van der Waals surface area contributed by atoms with E-state index in [1.807, 2.05) is 11.7 Å². The number of aromatic nitrogens is 4. The Kier molecular flexibility index (Phi) is 3.71. The van der Waals surface area contributed by atoms with Crippen LogP contribution in [0.3, 0.4) is 0 Å².